The third-order valence-electron chi connectivity index (χ3n) is 4.48. The summed E-state index contributed by atoms with van der Waals surface area (Å²) in [5.41, 5.74) is 0.555. The number of amides is 2. The molecule has 14 nitrogen and oxygen atoms in total. The van der Waals surface area contributed by atoms with E-state index in [2.05, 4.69) is 20.4 Å². The van der Waals surface area contributed by atoms with E-state index < -0.39 is 55.7 Å². The van der Waals surface area contributed by atoms with Crippen LogP contribution in [0.1, 0.15) is 44.2 Å². The van der Waals surface area contributed by atoms with Gasteiger partial charge in [-0.3, -0.25) is 9.59 Å². The SMILES string of the molecule is O=C(O)CCC(OC(=O)NC(CCCCNC(=O)CCc1cn(CCF)nn1)C(=O)O)C(=O)O. The fraction of sp³-hybridized carbons (Fsp3) is 0.632. The van der Waals surface area contributed by atoms with Crippen molar-refractivity contribution in [3.8, 4) is 0 Å². The molecule has 2 unspecified atom stereocenters. The van der Waals surface area contributed by atoms with Crippen LogP contribution in [0.15, 0.2) is 6.20 Å². The number of alkyl carbamates (subject to hydrolysis) is 1. The van der Waals surface area contributed by atoms with E-state index in [9.17, 15) is 33.5 Å². The predicted molar refractivity (Wildman–Crippen MR) is 111 cm³/mol. The lowest BCUT2D eigenvalue weighted by atomic mass is 10.1. The van der Waals surface area contributed by atoms with Gasteiger partial charge < -0.3 is 30.7 Å². The summed E-state index contributed by atoms with van der Waals surface area (Å²) in [6.07, 6.45) is -1.28. The van der Waals surface area contributed by atoms with E-state index >= 15 is 0 Å². The van der Waals surface area contributed by atoms with Gasteiger partial charge in [0, 0.05) is 38.4 Å². The fourth-order valence-electron chi connectivity index (χ4n) is 2.73. The Kier molecular flexibility index (Phi) is 12.6. The highest BCUT2D eigenvalue weighted by molar-refractivity contribution is 5.82. The number of hydrogen-bond donors (Lipinski definition) is 5. The van der Waals surface area contributed by atoms with Crippen LogP contribution in [0.2, 0.25) is 0 Å². The molecule has 2 atom stereocenters. The summed E-state index contributed by atoms with van der Waals surface area (Å²) >= 11 is 0. The largest absolute Gasteiger partial charge is 0.481 e. The van der Waals surface area contributed by atoms with Crippen molar-refractivity contribution in [2.75, 3.05) is 13.2 Å². The van der Waals surface area contributed by atoms with E-state index in [-0.39, 0.29) is 31.8 Å². The molecule has 0 radical (unpaired) electrons. The molecule has 0 aliphatic heterocycles. The number of aromatic nitrogens is 3. The minimum Gasteiger partial charge on any atom is -0.481 e. The molecule has 190 valence electrons. The maximum absolute atomic E-state index is 12.2. The standard InChI is InChI=1S/C19H28FN5O9/c20-8-10-25-11-12(23-24-25)4-6-15(26)21-9-2-1-3-13(17(29)30)22-19(33)34-14(18(31)32)5-7-16(27)28/h11,13-14H,1-10H2,(H,21,26)(H,22,33)(H,27,28)(H,29,30)(H,31,32). The van der Waals surface area contributed by atoms with Gasteiger partial charge >= 0.3 is 24.0 Å². The second-order valence-corrected chi connectivity index (χ2v) is 7.21. The molecule has 0 saturated heterocycles. The van der Waals surface area contributed by atoms with Crippen LogP contribution in [0.3, 0.4) is 0 Å². The third kappa shape index (κ3) is 11.7. The van der Waals surface area contributed by atoms with Gasteiger partial charge in [0.25, 0.3) is 0 Å². The topological polar surface area (TPSA) is 210 Å². The summed E-state index contributed by atoms with van der Waals surface area (Å²) in [6, 6.07) is -1.36. The van der Waals surface area contributed by atoms with Gasteiger partial charge in [0.1, 0.15) is 12.7 Å². The molecule has 0 fully saturated rings. The molecule has 1 heterocycles. The summed E-state index contributed by atoms with van der Waals surface area (Å²) in [5.74, 6) is -4.44. The van der Waals surface area contributed by atoms with Gasteiger partial charge in [-0.1, -0.05) is 5.21 Å². The number of nitrogens with zero attached hydrogens (tertiary/aromatic N) is 3. The Morgan fingerprint density at radius 1 is 1.06 bits per heavy atom. The molecule has 1 rings (SSSR count). The number of unbranched alkanes of at least 4 members (excludes halogenated alkanes) is 1. The smallest absolute Gasteiger partial charge is 0.408 e. The van der Waals surface area contributed by atoms with Gasteiger partial charge in [-0.05, 0) is 19.3 Å². The molecule has 0 aromatic carbocycles. The van der Waals surface area contributed by atoms with Crippen molar-refractivity contribution in [3.05, 3.63) is 11.9 Å². The summed E-state index contributed by atoms with van der Waals surface area (Å²) in [5, 5.41) is 39.1. The number of alkyl halides is 1. The van der Waals surface area contributed by atoms with Gasteiger partial charge in [-0.15, -0.1) is 5.10 Å². The normalized spacial score (nSPS) is 12.4. The lowest BCUT2D eigenvalue weighted by molar-refractivity contribution is -0.148. The maximum atomic E-state index is 12.2. The number of nitrogens with one attached hydrogen (secondary N) is 2. The van der Waals surface area contributed by atoms with E-state index in [0.717, 1.165) is 0 Å². The molecule has 15 heteroatoms. The second kappa shape index (κ2) is 15.1. The number of carboxylic acids is 3. The number of hydrogen-bond acceptors (Lipinski definition) is 8. The molecule has 0 aliphatic rings. The highest BCUT2D eigenvalue weighted by Crippen LogP contribution is 2.06. The van der Waals surface area contributed by atoms with Crippen LogP contribution < -0.4 is 10.6 Å². The number of rotatable bonds is 17. The number of carbonyl (C=O) groups excluding carboxylic acids is 2. The van der Waals surface area contributed by atoms with E-state index in [4.69, 9.17) is 10.2 Å². The van der Waals surface area contributed by atoms with Crippen LogP contribution in [0.25, 0.3) is 0 Å². The Labute approximate surface area is 193 Å². The third-order valence-corrected chi connectivity index (χ3v) is 4.48. The van der Waals surface area contributed by atoms with E-state index in [1.54, 1.807) is 6.20 Å². The Hall–Kier alpha value is -3.78. The van der Waals surface area contributed by atoms with Crippen molar-refractivity contribution in [3.63, 3.8) is 0 Å². The van der Waals surface area contributed by atoms with Gasteiger partial charge in [0.05, 0.1) is 12.2 Å². The first kappa shape index (κ1) is 28.3. The Morgan fingerprint density at radius 2 is 1.79 bits per heavy atom. The molecule has 5 N–H and O–H groups in total. The lowest BCUT2D eigenvalue weighted by Crippen LogP contribution is -2.43. The first-order valence-electron chi connectivity index (χ1n) is 10.5. The van der Waals surface area contributed by atoms with Crippen LogP contribution in [-0.4, -0.2) is 85.6 Å². The molecule has 0 aliphatic carbocycles. The zero-order valence-corrected chi connectivity index (χ0v) is 18.3. The minimum atomic E-state index is -1.73. The number of carbonyl (C=O) groups is 5. The minimum absolute atomic E-state index is 0.00908. The number of carboxylic acid groups (broad SMARTS) is 3. The highest BCUT2D eigenvalue weighted by atomic mass is 19.1. The van der Waals surface area contributed by atoms with E-state index in [1.807, 2.05) is 5.32 Å². The van der Waals surface area contributed by atoms with Crippen LogP contribution >= 0.6 is 0 Å². The molecule has 34 heavy (non-hydrogen) atoms. The van der Waals surface area contributed by atoms with E-state index in [0.29, 0.717) is 25.0 Å². The average molecular weight is 489 g/mol. The zero-order valence-electron chi connectivity index (χ0n) is 18.3. The van der Waals surface area contributed by atoms with Crippen LogP contribution in [0.5, 0.6) is 0 Å². The van der Waals surface area contributed by atoms with Crippen LogP contribution in [0.4, 0.5) is 9.18 Å². The molecule has 0 spiro atoms. The van der Waals surface area contributed by atoms with Crippen LogP contribution in [0, 0.1) is 0 Å². The molecule has 2 amide bonds. The molecular formula is C19H28FN5O9. The summed E-state index contributed by atoms with van der Waals surface area (Å²) in [4.78, 5) is 56.6. The number of ether oxygens (including phenoxy) is 1. The van der Waals surface area contributed by atoms with Gasteiger partial charge in [0.2, 0.25) is 12.0 Å². The Bertz CT molecular complexity index is 848. The molecule has 0 bridgehead atoms. The average Bonchev–Trinajstić information content (AvgIpc) is 3.21. The van der Waals surface area contributed by atoms with Crippen molar-refractivity contribution >= 4 is 29.9 Å². The number of aliphatic carboxylic acids is 3. The quantitative estimate of drug-likeness (QED) is 0.183. The predicted octanol–water partition coefficient (Wildman–Crippen LogP) is -0.0359. The first-order chi connectivity index (χ1) is 16.1. The summed E-state index contributed by atoms with van der Waals surface area (Å²) < 4.78 is 18.2. The summed E-state index contributed by atoms with van der Waals surface area (Å²) in [7, 11) is 0. The van der Waals surface area contributed by atoms with Crippen molar-refractivity contribution in [1.29, 1.82) is 0 Å². The lowest BCUT2D eigenvalue weighted by Gasteiger charge is -2.17. The highest BCUT2D eigenvalue weighted by Gasteiger charge is 2.26. The fourth-order valence-corrected chi connectivity index (χ4v) is 2.73. The zero-order chi connectivity index (χ0) is 25.5. The Morgan fingerprint density at radius 3 is 2.41 bits per heavy atom. The summed E-state index contributed by atoms with van der Waals surface area (Å²) in [6.45, 7) is -0.215. The molecule has 0 saturated carbocycles. The van der Waals surface area contributed by atoms with Gasteiger partial charge in [-0.25, -0.2) is 23.5 Å². The van der Waals surface area contributed by atoms with Crippen molar-refractivity contribution in [1.82, 2.24) is 25.6 Å². The molecule has 1 aromatic heterocycles. The van der Waals surface area contributed by atoms with Crippen LogP contribution in [-0.2, 0) is 36.9 Å². The Balaban J connectivity index is 2.31. The second-order valence-electron chi connectivity index (χ2n) is 7.21. The van der Waals surface area contributed by atoms with Crippen molar-refractivity contribution in [2.45, 2.75) is 63.6 Å². The van der Waals surface area contributed by atoms with E-state index in [1.165, 1.54) is 4.68 Å². The van der Waals surface area contributed by atoms with Crippen molar-refractivity contribution in [2.24, 2.45) is 0 Å². The first-order valence-corrected chi connectivity index (χ1v) is 10.5. The van der Waals surface area contributed by atoms with Crippen molar-refractivity contribution < 1.29 is 48.4 Å². The number of halogens is 1. The van der Waals surface area contributed by atoms with Gasteiger partial charge in [0.15, 0.2) is 0 Å². The number of aryl methyl sites for hydroxylation is 2. The maximum Gasteiger partial charge on any atom is 0.408 e. The molecular weight excluding hydrogens is 461 g/mol. The monoisotopic (exact) mass is 489 g/mol. The molecule has 1 aromatic rings. The van der Waals surface area contributed by atoms with Gasteiger partial charge in [-0.2, -0.15) is 0 Å².